The van der Waals surface area contributed by atoms with Crippen LogP contribution < -0.4 is 11.3 Å². The molecule has 0 aliphatic rings. The second-order valence-electron chi connectivity index (χ2n) is 5.12. The molecule has 0 unspecified atom stereocenters. The van der Waals surface area contributed by atoms with Crippen LogP contribution in [0.25, 0.3) is 5.69 Å². The molecule has 0 atom stereocenters. The Labute approximate surface area is 145 Å². The number of nitrogens with two attached hydrogens (primary N) is 1. The fourth-order valence-electron chi connectivity index (χ4n) is 2.36. The Hall–Kier alpha value is -2.73. The summed E-state index contributed by atoms with van der Waals surface area (Å²) in [5, 5.41) is 0. The van der Waals surface area contributed by atoms with Gasteiger partial charge in [0.2, 0.25) is 0 Å². The summed E-state index contributed by atoms with van der Waals surface area (Å²) in [7, 11) is 0. The van der Waals surface area contributed by atoms with Crippen molar-refractivity contribution >= 4 is 27.5 Å². The molecular weight excluding hydrogens is 375 g/mol. The van der Waals surface area contributed by atoms with Crippen molar-refractivity contribution in [1.82, 2.24) is 4.57 Å². The van der Waals surface area contributed by atoms with E-state index in [0.29, 0.717) is 11.3 Å². The summed E-state index contributed by atoms with van der Waals surface area (Å²) in [5.41, 5.74) is 6.77. The Morgan fingerprint density at radius 1 is 0.958 bits per heavy atom. The lowest BCUT2D eigenvalue weighted by Gasteiger charge is -2.13. The summed E-state index contributed by atoms with van der Waals surface area (Å²) in [5.74, 6) is -0.767. The normalized spacial score (nSPS) is 10.6. The van der Waals surface area contributed by atoms with Crippen LogP contribution in [0.5, 0.6) is 0 Å². The largest absolute Gasteiger partial charge is 0.384 e. The quantitative estimate of drug-likeness (QED) is 0.699. The maximum absolute atomic E-state index is 13.0. The molecule has 0 bridgehead atoms. The third-order valence-corrected chi connectivity index (χ3v) is 4.09. The number of rotatable bonds is 3. The highest BCUT2D eigenvalue weighted by atomic mass is 79.9. The number of carbonyl (C=O) groups excluding carboxylic acids is 1. The number of hydrogen-bond acceptors (Lipinski definition) is 3. The first-order chi connectivity index (χ1) is 11.5. The highest BCUT2D eigenvalue weighted by Gasteiger charge is 2.16. The highest BCUT2D eigenvalue weighted by Crippen LogP contribution is 2.20. The van der Waals surface area contributed by atoms with E-state index in [-0.39, 0.29) is 22.7 Å². The molecule has 3 aromatic rings. The topological polar surface area (TPSA) is 65.1 Å². The molecule has 0 saturated heterocycles. The number of hydrogen-bond donors (Lipinski definition) is 1. The minimum Gasteiger partial charge on any atom is -0.384 e. The van der Waals surface area contributed by atoms with Crippen LogP contribution in [0.1, 0.15) is 15.9 Å². The van der Waals surface area contributed by atoms with Crippen molar-refractivity contribution in [3.05, 3.63) is 92.4 Å². The second-order valence-corrected chi connectivity index (χ2v) is 6.03. The predicted octanol–water partition coefficient (Wildman–Crippen LogP) is 3.55. The number of ketones is 1. The summed E-state index contributed by atoms with van der Waals surface area (Å²) in [6.07, 6.45) is 0. The van der Waals surface area contributed by atoms with Crippen molar-refractivity contribution in [2.75, 3.05) is 5.73 Å². The van der Waals surface area contributed by atoms with Crippen LogP contribution in [0.3, 0.4) is 0 Å². The lowest BCUT2D eigenvalue weighted by molar-refractivity contribution is 0.103. The van der Waals surface area contributed by atoms with E-state index in [0.717, 1.165) is 4.47 Å². The van der Waals surface area contributed by atoms with Gasteiger partial charge in [-0.3, -0.25) is 14.2 Å². The Morgan fingerprint density at radius 3 is 2.21 bits per heavy atom. The monoisotopic (exact) mass is 386 g/mol. The molecule has 2 aromatic carbocycles. The van der Waals surface area contributed by atoms with Gasteiger partial charge < -0.3 is 5.73 Å². The van der Waals surface area contributed by atoms with E-state index in [2.05, 4.69) is 15.9 Å². The SMILES string of the molecule is Nc1c(C(=O)c2ccc(F)cc2)ccc(=O)n1-c1ccc(Br)cc1. The van der Waals surface area contributed by atoms with Gasteiger partial charge in [0.1, 0.15) is 11.6 Å². The summed E-state index contributed by atoms with van der Waals surface area (Å²) >= 11 is 3.33. The first-order valence-electron chi connectivity index (χ1n) is 7.05. The smallest absolute Gasteiger partial charge is 0.256 e. The molecule has 0 amide bonds. The zero-order chi connectivity index (χ0) is 17.3. The number of carbonyl (C=O) groups is 1. The third kappa shape index (κ3) is 3.00. The third-order valence-electron chi connectivity index (χ3n) is 3.57. The van der Waals surface area contributed by atoms with Crippen molar-refractivity contribution in [3.63, 3.8) is 0 Å². The van der Waals surface area contributed by atoms with Gasteiger partial charge in [-0.15, -0.1) is 0 Å². The average molecular weight is 387 g/mol. The second kappa shape index (κ2) is 6.41. The molecule has 1 aromatic heterocycles. The van der Waals surface area contributed by atoms with E-state index in [4.69, 9.17) is 5.73 Å². The maximum atomic E-state index is 13.0. The first kappa shape index (κ1) is 16.1. The standard InChI is InChI=1S/C18H12BrFN2O2/c19-12-3-7-14(8-4-12)22-16(23)10-9-15(18(22)21)17(24)11-1-5-13(20)6-2-11/h1-10H,21H2. The van der Waals surface area contributed by atoms with Gasteiger partial charge in [-0.05, 0) is 54.6 Å². The van der Waals surface area contributed by atoms with Crippen LogP contribution in [0, 0.1) is 5.82 Å². The van der Waals surface area contributed by atoms with Gasteiger partial charge in [-0.2, -0.15) is 0 Å². The van der Waals surface area contributed by atoms with Gasteiger partial charge in [0, 0.05) is 16.1 Å². The van der Waals surface area contributed by atoms with E-state index in [1.165, 1.54) is 41.0 Å². The van der Waals surface area contributed by atoms with Gasteiger partial charge in [0.15, 0.2) is 5.78 Å². The van der Waals surface area contributed by atoms with Crippen LogP contribution in [0.2, 0.25) is 0 Å². The zero-order valence-electron chi connectivity index (χ0n) is 12.4. The van der Waals surface area contributed by atoms with Gasteiger partial charge in [0.25, 0.3) is 5.56 Å². The average Bonchev–Trinajstić information content (AvgIpc) is 2.57. The maximum Gasteiger partial charge on any atom is 0.256 e. The number of pyridine rings is 1. The Kier molecular flexibility index (Phi) is 4.31. The van der Waals surface area contributed by atoms with Crippen LogP contribution >= 0.6 is 15.9 Å². The number of nitrogen functional groups attached to an aromatic ring is 1. The minimum atomic E-state index is -0.431. The minimum absolute atomic E-state index is 0.0409. The van der Waals surface area contributed by atoms with Crippen LogP contribution in [-0.2, 0) is 0 Å². The van der Waals surface area contributed by atoms with E-state index in [1.54, 1.807) is 24.3 Å². The fourth-order valence-corrected chi connectivity index (χ4v) is 2.62. The Bertz CT molecular complexity index is 964. The molecule has 120 valence electrons. The summed E-state index contributed by atoms with van der Waals surface area (Å²) < 4.78 is 15.1. The number of halogens is 2. The summed E-state index contributed by atoms with van der Waals surface area (Å²) in [6.45, 7) is 0. The molecule has 0 fully saturated rings. The molecule has 3 rings (SSSR count). The molecule has 1 heterocycles. The van der Waals surface area contributed by atoms with E-state index in [9.17, 15) is 14.0 Å². The summed E-state index contributed by atoms with van der Waals surface area (Å²) in [4.78, 5) is 24.8. The van der Waals surface area contributed by atoms with E-state index < -0.39 is 5.82 Å². The molecule has 0 aliphatic heterocycles. The number of benzene rings is 2. The molecular formula is C18H12BrFN2O2. The molecule has 4 nitrogen and oxygen atoms in total. The van der Waals surface area contributed by atoms with Crippen LogP contribution in [0.4, 0.5) is 10.2 Å². The van der Waals surface area contributed by atoms with Crippen LogP contribution in [0.15, 0.2) is 69.9 Å². The van der Waals surface area contributed by atoms with E-state index in [1.807, 2.05) is 0 Å². The molecule has 0 radical (unpaired) electrons. The van der Waals surface area contributed by atoms with E-state index >= 15 is 0 Å². The van der Waals surface area contributed by atoms with Gasteiger partial charge in [0.05, 0.1) is 11.3 Å². The summed E-state index contributed by atoms with van der Waals surface area (Å²) in [6, 6.07) is 14.8. The fraction of sp³-hybridized carbons (Fsp3) is 0. The van der Waals surface area contributed by atoms with Crippen molar-refractivity contribution < 1.29 is 9.18 Å². The first-order valence-corrected chi connectivity index (χ1v) is 7.84. The Balaban J connectivity index is 2.12. The lowest BCUT2D eigenvalue weighted by atomic mass is 10.0. The van der Waals surface area contributed by atoms with Gasteiger partial charge in [-0.25, -0.2) is 4.39 Å². The van der Waals surface area contributed by atoms with Crippen molar-refractivity contribution in [3.8, 4) is 5.69 Å². The molecule has 6 heteroatoms. The van der Waals surface area contributed by atoms with Crippen molar-refractivity contribution in [2.24, 2.45) is 0 Å². The van der Waals surface area contributed by atoms with Crippen molar-refractivity contribution in [1.29, 1.82) is 0 Å². The molecule has 2 N–H and O–H groups in total. The molecule has 24 heavy (non-hydrogen) atoms. The molecule has 0 spiro atoms. The van der Waals surface area contributed by atoms with Gasteiger partial charge in [-0.1, -0.05) is 15.9 Å². The van der Waals surface area contributed by atoms with Gasteiger partial charge >= 0.3 is 0 Å². The lowest BCUT2D eigenvalue weighted by Crippen LogP contribution is -2.23. The Morgan fingerprint density at radius 2 is 1.58 bits per heavy atom. The molecule has 0 saturated carbocycles. The highest BCUT2D eigenvalue weighted by molar-refractivity contribution is 9.10. The number of anilines is 1. The number of nitrogens with zero attached hydrogens (tertiary/aromatic N) is 1. The van der Waals surface area contributed by atoms with Crippen molar-refractivity contribution in [2.45, 2.75) is 0 Å². The number of aromatic nitrogens is 1. The zero-order valence-corrected chi connectivity index (χ0v) is 14.0. The van der Waals surface area contributed by atoms with Crippen LogP contribution in [-0.4, -0.2) is 10.4 Å². The molecule has 0 aliphatic carbocycles. The predicted molar refractivity (Wildman–Crippen MR) is 94.0 cm³/mol.